The molecular weight excluding hydrogens is 320 g/mol. The summed E-state index contributed by atoms with van der Waals surface area (Å²) in [4.78, 5) is 21.8. The SMILES string of the molecule is CCCc1cc(N2CCC(N)C2)nc(Nc2cccc([N+](=O)[O-])c2)n1. The number of hydrogen-bond acceptors (Lipinski definition) is 7. The third-order valence-corrected chi connectivity index (χ3v) is 4.13. The fourth-order valence-electron chi connectivity index (χ4n) is 2.91. The number of nitrogens with zero attached hydrogens (tertiary/aromatic N) is 4. The van der Waals surface area contributed by atoms with E-state index >= 15 is 0 Å². The quantitative estimate of drug-likeness (QED) is 0.613. The van der Waals surface area contributed by atoms with E-state index in [1.54, 1.807) is 12.1 Å². The van der Waals surface area contributed by atoms with Crippen LogP contribution in [0.2, 0.25) is 0 Å². The van der Waals surface area contributed by atoms with Crippen molar-refractivity contribution in [2.45, 2.75) is 32.2 Å². The number of hydrogen-bond donors (Lipinski definition) is 2. The number of nitro benzene ring substituents is 1. The van der Waals surface area contributed by atoms with Gasteiger partial charge in [0.05, 0.1) is 4.92 Å². The highest BCUT2D eigenvalue weighted by molar-refractivity contribution is 5.59. The molecule has 1 aromatic carbocycles. The molecule has 0 amide bonds. The van der Waals surface area contributed by atoms with Crippen LogP contribution < -0.4 is 16.0 Å². The molecule has 2 heterocycles. The Hall–Kier alpha value is -2.74. The van der Waals surface area contributed by atoms with Gasteiger partial charge in [-0.3, -0.25) is 10.1 Å². The molecule has 8 heteroatoms. The molecular formula is C17H22N6O2. The first kappa shape index (κ1) is 17.1. The summed E-state index contributed by atoms with van der Waals surface area (Å²) in [5, 5.41) is 14.0. The first-order valence-electron chi connectivity index (χ1n) is 8.45. The highest BCUT2D eigenvalue weighted by Crippen LogP contribution is 2.24. The van der Waals surface area contributed by atoms with Crippen LogP contribution in [0.4, 0.5) is 23.1 Å². The summed E-state index contributed by atoms with van der Waals surface area (Å²) in [6.45, 7) is 3.75. The van der Waals surface area contributed by atoms with Crippen LogP contribution in [0.15, 0.2) is 30.3 Å². The second-order valence-corrected chi connectivity index (χ2v) is 6.22. The van der Waals surface area contributed by atoms with Crippen molar-refractivity contribution in [2.75, 3.05) is 23.3 Å². The molecule has 1 aromatic heterocycles. The fourth-order valence-corrected chi connectivity index (χ4v) is 2.91. The van der Waals surface area contributed by atoms with Crippen molar-refractivity contribution >= 4 is 23.1 Å². The molecule has 0 saturated carbocycles. The van der Waals surface area contributed by atoms with Crippen molar-refractivity contribution < 1.29 is 4.92 Å². The molecule has 3 N–H and O–H groups in total. The van der Waals surface area contributed by atoms with E-state index < -0.39 is 4.92 Å². The molecule has 1 aliphatic heterocycles. The molecule has 0 aliphatic carbocycles. The van der Waals surface area contributed by atoms with E-state index in [0.29, 0.717) is 11.6 Å². The third-order valence-electron chi connectivity index (χ3n) is 4.13. The van der Waals surface area contributed by atoms with Crippen molar-refractivity contribution in [3.05, 3.63) is 46.1 Å². The van der Waals surface area contributed by atoms with E-state index in [0.717, 1.165) is 43.9 Å². The average Bonchev–Trinajstić information content (AvgIpc) is 3.02. The van der Waals surface area contributed by atoms with Gasteiger partial charge in [-0.25, -0.2) is 4.98 Å². The minimum atomic E-state index is -0.420. The molecule has 2 aromatic rings. The number of aryl methyl sites for hydroxylation is 1. The van der Waals surface area contributed by atoms with Gasteiger partial charge < -0.3 is 16.0 Å². The maximum Gasteiger partial charge on any atom is 0.271 e. The van der Waals surface area contributed by atoms with Crippen LogP contribution in [0.3, 0.4) is 0 Å². The maximum absolute atomic E-state index is 10.9. The van der Waals surface area contributed by atoms with Crippen LogP contribution in [0, 0.1) is 10.1 Å². The lowest BCUT2D eigenvalue weighted by molar-refractivity contribution is -0.384. The Morgan fingerprint density at radius 2 is 2.24 bits per heavy atom. The monoisotopic (exact) mass is 342 g/mol. The Bertz CT molecular complexity index is 767. The van der Waals surface area contributed by atoms with Crippen LogP contribution in [0.25, 0.3) is 0 Å². The predicted octanol–water partition coefficient (Wildman–Crippen LogP) is 2.62. The fraction of sp³-hybridized carbons (Fsp3) is 0.412. The second kappa shape index (κ2) is 7.43. The number of nitrogens with one attached hydrogen (secondary N) is 1. The number of aromatic nitrogens is 2. The first-order chi connectivity index (χ1) is 12.0. The minimum Gasteiger partial charge on any atom is -0.355 e. The van der Waals surface area contributed by atoms with Gasteiger partial charge in [-0.15, -0.1) is 0 Å². The van der Waals surface area contributed by atoms with Crippen LogP contribution in [-0.2, 0) is 6.42 Å². The normalized spacial score (nSPS) is 16.9. The average molecular weight is 342 g/mol. The first-order valence-corrected chi connectivity index (χ1v) is 8.45. The lowest BCUT2D eigenvalue weighted by Crippen LogP contribution is -2.27. The molecule has 0 radical (unpaired) electrons. The van der Waals surface area contributed by atoms with Crippen LogP contribution in [-0.4, -0.2) is 34.0 Å². The van der Waals surface area contributed by atoms with Crippen molar-refractivity contribution in [2.24, 2.45) is 5.73 Å². The predicted molar refractivity (Wildman–Crippen MR) is 97.2 cm³/mol. The Kier molecular flexibility index (Phi) is 5.08. The lowest BCUT2D eigenvalue weighted by Gasteiger charge is -2.18. The maximum atomic E-state index is 10.9. The standard InChI is InChI=1S/C17H22N6O2/c1-2-4-13-10-16(22-8-7-12(18)11-22)21-17(19-13)20-14-5-3-6-15(9-14)23(24)25/h3,5-6,9-10,12H,2,4,7-8,11,18H2,1H3,(H,19,20,21). The molecule has 1 saturated heterocycles. The zero-order valence-electron chi connectivity index (χ0n) is 14.2. The van der Waals surface area contributed by atoms with E-state index in [1.165, 1.54) is 12.1 Å². The van der Waals surface area contributed by atoms with E-state index in [9.17, 15) is 10.1 Å². The number of anilines is 3. The Morgan fingerprint density at radius 3 is 2.92 bits per heavy atom. The largest absolute Gasteiger partial charge is 0.355 e. The van der Waals surface area contributed by atoms with Gasteiger partial charge in [-0.2, -0.15) is 4.98 Å². The minimum absolute atomic E-state index is 0.0282. The van der Waals surface area contributed by atoms with Crippen LogP contribution >= 0.6 is 0 Å². The zero-order chi connectivity index (χ0) is 17.8. The number of rotatable bonds is 6. The van der Waals surface area contributed by atoms with Crippen molar-refractivity contribution in [3.63, 3.8) is 0 Å². The summed E-state index contributed by atoms with van der Waals surface area (Å²) in [6.07, 6.45) is 2.77. The highest BCUT2D eigenvalue weighted by Gasteiger charge is 2.21. The molecule has 1 aliphatic rings. The van der Waals surface area contributed by atoms with Crippen molar-refractivity contribution in [1.82, 2.24) is 9.97 Å². The topological polar surface area (TPSA) is 110 Å². The molecule has 1 atom stereocenters. The molecule has 1 fully saturated rings. The summed E-state index contributed by atoms with van der Waals surface area (Å²) in [5.74, 6) is 1.29. The number of non-ortho nitro benzene ring substituents is 1. The van der Waals surface area contributed by atoms with Gasteiger partial charge in [0.25, 0.3) is 5.69 Å². The summed E-state index contributed by atoms with van der Waals surface area (Å²) in [7, 11) is 0. The van der Waals surface area contributed by atoms with Gasteiger partial charge in [0.1, 0.15) is 5.82 Å². The lowest BCUT2D eigenvalue weighted by atomic mass is 10.2. The molecule has 0 spiro atoms. The van der Waals surface area contributed by atoms with Gasteiger partial charge >= 0.3 is 0 Å². The third kappa shape index (κ3) is 4.21. The van der Waals surface area contributed by atoms with E-state index in [2.05, 4.69) is 27.1 Å². The number of nitro groups is 1. The van der Waals surface area contributed by atoms with Crippen molar-refractivity contribution in [1.29, 1.82) is 0 Å². The van der Waals surface area contributed by atoms with Gasteiger partial charge in [0, 0.05) is 48.7 Å². The van der Waals surface area contributed by atoms with Gasteiger partial charge in [-0.05, 0) is 18.9 Å². The molecule has 1 unspecified atom stereocenters. The Labute approximate surface area is 146 Å². The van der Waals surface area contributed by atoms with Crippen molar-refractivity contribution in [3.8, 4) is 0 Å². The number of nitrogens with two attached hydrogens (primary N) is 1. The van der Waals surface area contributed by atoms with Gasteiger partial charge in [0.2, 0.25) is 5.95 Å². The summed E-state index contributed by atoms with van der Waals surface area (Å²) in [5.41, 5.74) is 7.56. The van der Waals surface area contributed by atoms with E-state index in [-0.39, 0.29) is 11.7 Å². The smallest absolute Gasteiger partial charge is 0.271 e. The molecule has 8 nitrogen and oxygen atoms in total. The Morgan fingerprint density at radius 1 is 1.40 bits per heavy atom. The summed E-state index contributed by atoms with van der Waals surface area (Å²) in [6, 6.07) is 8.49. The van der Waals surface area contributed by atoms with Gasteiger partial charge in [-0.1, -0.05) is 19.4 Å². The van der Waals surface area contributed by atoms with Crippen LogP contribution in [0.1, 0.15) is 25.5 Å². The zero-order valence-corrected chi connectivity index (χ0v) is 14.2. The van der Waals surface area contributed by atoms with E-state index in [1.807, 2.05) is 6.07 Å². The Balaban J connectivity index is 1.88. The second-order valence-electron chi connectivity index (χ2n) is 6.22. The van der Waals surface area contributed by atoms with Gasteiger partial charge in [0.15, 0.2) is 0 Å². The van der Waals surface area contributed by atoms with Crippen LogP contribution in [0.5, 0.6) is 0 Å². The highest BCUT2D eigenvalue weighted by atomic mass is 16.6. The summed E-state index contributed by atoms with van der Waals surface area (Å²) < 4.78 is 0. The number of benzene rings is 1. The molecule has 25 heavy (non-hydrogen) atoms. The molecule has 132 valence electrons. The molecule has 3 rings (SSSR count). The summed E-state index contributed by atoms with van der Waals surface area (Å²) >= 11 is 0. The molecule has 0 bridgehead atoms. The van der Waals surface area contributed by atoms with E-state index in [4.69, 9.17) is 5.73 Å².